The number of esters is 1. The van der Waals surface area contributed by atoms with Crippen LogP contribution in [0.25, 0.3) is 0 Å². The van der Waals surface area contributed by atoms with Gasteiger partial charge in [-0.25, -0.2) is 13.2 Å². The molecule has 2 aromatic rings. The number of hydrogen-bond acceptors (Lipinski definition) is 8. The van der Waals surface area contributed by atoms with Crippen molar-refractivity contribution in [2.75, 3.05) is 12.0 Å². The van der Waals surface area contributed by atoms with Crippen molar-refractivity contribution in [1.29, 1.82) is 0 Å². The molecule has 27 heavy (non-hydrogen) atoms. The number of hydrogen-bond donors (Lipinski definition) is 1. The third-order valence-electron chi connectivity index (χ3n) is 3.39. The van der Waals surface area contributed by atoms with E-state index in [-0.39, 0.29) is 24.7 Å². The Morgan fingerprint density at radius 1 is 1.33 bits per heavy atom. The van der Waals surface area contributed by atoms with E-state index >= 15 is 0 Å². The third-order valence-corrected chi connectivity index (χ3v) is 5.06. The maximum Gasteiger partial charge on any atom is 0.329 e. The van der Waals surface area contributed by atoms with E-state index in [1.807, 2.05) is 0 Å². The zero-order valence-corrected chi connectivity index (χ0v) is 17.0. The molecular weight excluding hydrogens is 442 g/mol. The normalized spacial score (nSPS) is 12.4. The van der Waals surface area contributed by atoms with Gasteiger partial charge in [0, 0.05) is 10.7 Å². The van der Waals surface area contributed by atoms with Crippen molar-refractivity contribution in [2.24, 2.45) is 0 Å². The van der Waals surface area contributed by atoms with Gasteiger partial charge in [-0.2, -0.15) is 4.98 Å². The Labute approximate surface area is 164 Å². The van der Waals surface area contributed by atoms with Crippen molar-refractivity contribution >= 4 is 37.6 Å². The molecule has 11 heteroatoms. The molecule has 0 bridgehead atoms. The van der Waals surface area contributed by atoms with Crippen molar-refractivity contribution in [3.05, 3.63) is 46.0 Å². The van der Waals surface area contributed by atoms with E-state index in [1.165, 1.54) is 0 Å². The lowest BCUT2D eigenvalue weighted by molar-refractivity contribution is -0.148. The maximum absolute atomic E-state index is 12.4. The Kier molecular flexibility index (Phi) is 7.08. The number of carbonyl (C=O) groups excluding carboxylic acids is 2. The van der Waals surface area contributed by atoms with Crippen molar-refractivity contribution in [3.8, 4) is 0 Å². The van der Waals surface area contributed by atoms with Gasteiger partial charge in [0.25, 0.3) is 11.8 Å². The number of aromatic nitrogens is 2. The standard InChI is InChI=1S/C16H18BrN3O6S/c1-10-18-14(26-20-10)9-25-16(22)13(7-8-27(2,23)24)19-15(21)11-5-3-4-6-12(11)17/h3-6,13H,7-9H2,1-2H3,(H,19,21). The van der Waals surface area contributed by atoms with Crippen LogP contribution in [0.5, 0.6) is 0 Å². The fraction of sp³-hybridized carbons (Fsp3) is 0.375. The summed E-state index contributed by atoms with van der Waals surface area (Å²) in [5.74, 6) is -1.14. The summed E-state index contributed by atoms with van der Waals surface area (Å²) in [5, 5.41) is 6.09. The predicted octanol–water partition coefficient (Wildman–Crippen LogP) is 1.42. The van der Waals surface area contributed by atoms with Crippen molar-refractivity contribution in [2.45, 2.75) is 26.0 Å². The number of halogens is 1. The number of aryl methyl sites for hydroxylation is 1. The summed E-state index contributed by atoms with van der Waals surface area (Å²) < 4.78 is 33.4. The molecule has 1 aromatic heterocycles. The first-order valence-corrected chi connectivity index (χ1v) is 10.7. The summed E-state index contributed by atoms with van der Waals surface area (Å²) in [4.78, 5) is 28.7. The fourth-order valence-electron chi connectivity index (χ4n) is 2.09. The second kappa shape index (κ2) is 9.09. The molecule has 2 rings (SSSR count). The van der Waals surface area contributed by atoms with Crippen LogP contribution in [0.15, 0.2) is 33.3 Å². The summed E-state index contributed by atoms with van der Waals surface area (Å²) in [6.45, 7) is 1.33. The van der Waals surface area contributed by atoms with E-state index in [9.17, 15) is 18.0 Å². The SMILES string of the molecule is Cc1noc(COC(=O)C(CCS(C)(=O)=O)NC(=O)c2ccccc2Br)n1. The Hall–Kier alpha value is -2.27. The molecule has 146 valence electrons. The Balaban J connectivity index is 2.08. The first-order valence-electron chi connectivity index (χ1n) is 7.84. The number of nitrogens with zero attached hydrogens (tertiary/aromatic N) is 2. The molecule has 1 atom stereocenters. The molecule has 9 nitrogen and oxygen atoms in total. The van der Waals surface area contributed by atoms with Crippen LogP contribution in [0.2, 0.25) is 0 Å². The molecule has 0 saturated heterocycles. The van der Waals surface area contributed by atoms with Crippen LogP contribution >= 0.6 is 15.9 Å². The Morgan fingerprint density at radius 2 is 2.04 bits per heavy atom. The highest BCUT2D eigenvalue weighted by Crippen LogP contribution is 2.16. The molecule has 0 aliphatic rings. The summed E-state index contributed by atoms with van der Waals surface area (Å²) in [6, 6.07) is 5.50. The van der Waals surface area contributed by atoms with Gasteiger partial charge >= 0.3 is 5.97 Å². The lowest BCUT2D eigenvalue weighted by atomic mass is 10.1. The minimum Gasteiger partial charge on any atom is -0.454 e. The molecule has 1 heterocycles. The van der Waals surface area contributed by atoms with E-state index < -0.39 is 27.8 Å². The third kappa shape index (κ3) is 6.75. The number of amides is 1. The van der Waals surface area contributed by atoms with E-state index in [1.54, 1.807) is 31.2 Å². The Bertz CT molecular complexity index is 928. The lowest BCUT2D eigenvalue weighted by Gasteiger charge is -2.17. The second-order valence-electron chi connectivity index (χ2n) is 5.77. The van der Waals surface area contributed by atoms with Gasteiger partial charge in [-0.15, -0.1) is 0 Å². The second-order valence-corrected chi connectivity index (χ2v) is 8.88. The highest BCUT2D eigenvalue weighted by Gasteiger charge is 2.25. The average Bonchev–Trinajstić information content (AvgIpc) is 3.01. The van der Waals surface area contributed by atoms with Crippen molar-refractivity contribution in [3.63, 3.8) is 0 Å². The van der Waals surface area contributed by atoms with Gasteiger partial charge in [0.05, 0.1) is 11.3 Å². The van der Waals surface area contributed by atoms with E-state index in [0.717, 1.165) is 6.26 Å². The van der Waals surface area contributed by atoms with Gasteiger partial charge in [-0.05, 0) is 41.4 Å². The minimum absolute atomic E-state index is 0.0971. The van der Waals surface area contributed by atoms with Crippen LogP contribution in [0.4, 0.5) is 0 Å². The van der Waals surface area contributed by atoms with E-state index in [2.05, 4.69) is 31.4 Å². The summed E-state index contributed by atoms with van der Waals surface area (Å²) >= 11 is 3.26. The minimum atomic E-state index is -3.33. The zero-order chi connectivity index (χ0) is 20.0. The summed E-state index contributed by atoms with van der Waals surface area (Å²) in [5.41, 5.74) is 0.308. The number of benzene rings is 1. The molecule has 0 spiro atoms. The molecule has 1 amide bonds. The number of ether oxygens (including phenoxy) is 1. The van der Waals surface area contributed by atoms with Gasteiger partial charge in [0.2, 0.25) is 0 Å². The zero-order valence-electron chi connectivity index (χ0n) is 14.6. The fourth-order valence-corrected chi connectivity index (χ4v) is 3.22. The molecule has 0 aliphatic carbocycles. The van der Waals surface area contributed by atoms with Crippen LogP contribution in [0.1, 0.15) is 28.5 Å². The van der Waals surface area contributed by atoms with Crippen molar-refractivity contribution in [1.82, 2.24) is 15.5 Å². The molecule has 1 unspecified atom stereocenters. The van der Waals surface area contributed by atoms with E-state index in [0.29, 0.717) is 15.9 Å². The largest absolute Gasteiger partial charge is 0.454 e. The van der Waals surface area contributed by atoms with Gasteiger partial charge in [0.15, 0.2) is 12.4 Å². The number of rotatable bonds is 8. The van der Waals surface area contributed by atoms with Gasteiger partial charge < -0.3 is 14.6 Å². The van der Waals surface area contributed by atoms with Crippen LogP contribution in [0.3, 0.4) is 0 Å². The highest BCUT2D eigenvalue weighted by atomic mass is 79.9. The number of sulfone groups is 1. The van der Waals surface area contributed by atoms with Crippen molar-refractivity contribution < 1.29 is 27.3 Å². The first kappa shape index (κ1) is 21.0. The first-order chi connectivity index (χ1) is 12.7. The molecule has 0 radical (unpaired) electrons. The monoisotopic (exact) mass is 459 g/mol. The molecule has 1 N–H and O–H groups in total. The molecule has 1 aromatic carbocycles. The maximum atomic E-state index is 12.4. The van der Waals surface area contributed by atoms with E-state index in [4.69, 9.17) is 9.26 Å². The predicted molar refractivity (Wildman–Crippen MR) is 98.6 cm³/mol. The molecule has 0 aliphatic heterocycles. The number of nitrogens with one attached hydrogen (secondary N) is 1. The topological polar surface area (TPSA) is 128 Å². The van der Waals surface area contributed by atoms with Crippen LogP contribution in [0, 0.1) is 6.92 Å². The van der Waals surface area contributed by atoms with Crippen LogP contribution in [-0.2, 0) is 26.0 Å². The molecule has 0 fully saturated rings. The average molecular weight is 460 g/mol. The quantitative estimate of drug-likeness (QED) is 0.586. The highest BCUT2D eigenvalue weighted by molar-refractivity contribution is 9.10. The van der Waals surface area contributed by atoms with Gasteiger partial charge in [-0.1, -0.05) is 17.3 Å². The molecular formula is C16H18BrN3O6S. The lowest BCUT2D eigenvalue weighted by Crippen LogP contribution is -2.43. The number of carbonyl (C=O) groups is 2. The van der Waals surface area contributed by atoms with Gasteiger partial charge in [0.1, 0.15) is 15.9 Å². The molecule has 0 saturated carbocycles. The smallest absolute Gasteiger partial charge is 0.329 e. The Morgan fingerprint density at radius 3 is 2.63 bits per heavy atom. The van der Waals surface area contributed by atoms with Crippen LogP contribution in [-0.4, -0.2) is 48.5 Å². The van der Waals surface area contributed by atoms with Crippen LogP contribution < -0.4 is 5.32 Å². The summed E-state index contributed by atoms with van der Waals surface area (Å²) in [7, 11) is -3.33. The van der Waals surface area contributed by atoms with Gasteiger partial charge in [-0.3, -0.25) is 4.79 Å². The summed E-state index contributed by atoms with van der Waals surface area (Å²) in [6.07, 6.45) is 0.920.